The first-order chi connectivity index (χ1) is 10.1. The van der Waals surface area contributed by atoms with Crippen LogP contribution in [0.4, 0.5) is 17.3 Å². The van der Waals surface area contributed by atoms with E-state index < -0.39 is 0 Å². The number of carbonyl (C=O) groups is 2. The second kappa shape index (κ2) is 6.75. The molecule has 4 N–H and O–H groups in total. The van der Waals surface area contributed by atoms with Crippen LogP contribution in [0.25, 0.3) is 0 Å². The van der Waals surface area contributed by atoms with E-state index in [1.807, 2.05) is 18.2 Å². The number of carbonyl (C=O) groups excluding carboxylic acids is 2. The fourth-order valence-corrected chi connectivity index (χ4v) is 2.21. The van der Waals surface area contributed by atoms with Gasteiger partial charge in [0.25, 0.3) is 0 Å². The fraction of sp³-hybridized carbons (Fsp3) is 0.167. The van der Waals surface area contributed by atoms with Crippen LogP contribution in [-0.4, -0.2) is 27.9 Å². The van der Waals surface area contributed by atoms with Crippen molar-refractivity contribution in [1.29, 1.82) is 0 Å². The summed E-state index contributed by atoms with van der Waals surface area (Å²) < 4.78 is 4.47. The third-order valence-corrected chi connectivity index (χ3v) is 3.41. The van der Waals surface area contributed by atoms with Gasteiger partial charge in [-0.3, -0.25) is 9.59 Å². The topological polar surface area (TPSA) is 123 Å². The van der Waals surface area contributed by atoms with E-state index in [1.165, 1.54) is 18.7 Å². The highest BCUT2D eigenvalue weighted by Gasteiger charge is 2.14. The highest BCUT2D eigenvalue weighted by molar-refractivity contribution is 8.00. The van der Waals surface area contributed by atoms with Gasteiger partial charge in [-0.1, -0.05) is 12.1 Å². The van der Waals surface area contributed by atoms with E-state index in [4.69, 9.17) is 5.73 Å². The molecule has 0 bridgehead atoms. The van der Waals surface area contributed by atoms with Crippen LogP contribution in [0.15, 0.2) is 33.8 Å². The summed E-state index contributed by atoms with van der Waals surface area (Å²) in [6, 6.07) is 7.25. The standard InChI is InChI=1S/C12H13N5O3S/c1-7(18)14-11-12(17-20-16-11)15-10(19)6-21-9-5-3-2-4-8(9)13/h2-5H,6,13H2,1H3,(H,14,16,18)(H,15,17,19). The van der Waals surface area contributed by atoms with Gasteiger partial charge in [-0.25, -0.2) is 4.63 Å². The SMILES string of the molecule is CC(=O)Nc1nonc1NC(=O)CSc1ccccc1N. The molecule has 0 fully saturated rings. The number of nitrogen functional groups attached to an aromatic ring is 1. The largest absolute Gasteiger partial charge is 0.398 e. The number of amides is 2. The van der Waals surface area contributed by atoms with Gasteiger partial charge in [0.05, 0.1) is 5.75 Å². The van der Waals surface area contributed by atoms with Crippen molar-refractivity contribution in [2.45, 2.75) is 11.8 Å². The van der Waals surface area contributed by atoms with Crippen molar-refractivity contribution in [3.8, 4) is 0 Å². The van der Waals surface area contributed by atoms with E-state index in [1.54, 1.807) is 6.07 Å². The zero-order valence-electron chi connectivity index (χ0n) is 11.1. The number of thioether (sulfide) groups is 1. The quantitative estimate of drug-likeness (QED) is 0.562. The normalized spacial score (nSPS) is 10.1. The Kier molecular flexibility index (Phi) is 4.77. The van der Waals surface area contributed by atoms with Crippen molar-refractivity contribution in [3.05, 3.63) is 24.3 Å². The van der Waals surface area contributed by atoms with Gasteiger partial charge in [0.15, 0.2) is 0 Å². The van der Waals surface area contributed by atoms with Crippen LogP contribution in [-0.2, 0) is 9.59 Å². The van der Waals surface area contributed by atoms with E-state index in [0.717, 1.165) is 4.90 Å². The Balaban J connectivity index is 1.92. The molecule has 1 aromatic carbocycles. The maximum Gasteiger partial charge on any atom is 0.236 e. The van der Waals surface area contributed by atoms with E-state index >= 15 is 0 Å². The Labute approximate surface area is 124 Å². The Bertz CT molecular complexity index is 658. The zero-order chi connectivity index (χ0) is 15.2. The molecular formula is C12H13N5O3S. The number of hydrogen-bond donors (Lipinski definition) is 3. The van der Waals surface area contributed by atoms with Gasteiger partial charge in [0.2, 0.25) is 23.5 Å². The molecule has 0 unspecified atom stereocenters. The summed E-state index contributed by atoms with van der Waals surface area (Å²) >= 11 is 1.29. The minimum atomic E-state index is -0.340. The lowest BCUT2D eigenvalue weighted by Gasteiger charge is -2.05. The number of rotatable bonds is 5. The molecule has 2 rings (SSSR count). The summed E-state index contributed by atoms with van der Waals surface area (Å²) in [6.07, 6.45) is 0. The third kappa shape index (κ3) is 4.21. The van der Waals surface area contributed by atoms with Crippen LogP contribution in [0, 0.1) is 0 Å². The van der Waals surface area contributed by atoms with Crippen LogP contribution in [0.2, 0.25) is 0 Å². The van der Waals surface area contributed by atoms with Crippen molar-refractivity contribution in [2.75, 3.05) is 22.1 Å². The molecule has 9 heteroatoms. The molecule has 0 aliphatic rings. The Morgan fingerprint density at radius 2 is 1.90 bits per heavy atom. The van der Waals surface area contributed by atoms with Gasteiger partial charge in [-0.2, -0.15) is 0 Å². The van der Waals surface area contributed by atoms with Gasteiger partial charge < -0.3 is 16.4 Å². The van der Waals surface area contributed by atoms with Crippen molar-refractivity contribution in [2.24, 2.45) is 0 Å². The minimum Gasteiger partial charge on any atom is -0.398 e. The summed E-state index contributed by atoms with van der Waals surface area (Å²) in [5.41, 5.74) is 6.39. The molecular weight excluding hydrogens is 294 g/mol. The monoisotopic (exact) mass is 307 g/mol. The van der Waals surface area contributed by atoms with E-state index in [2.05, 4.69) is 25.6 Å². The van der Waals surface area contributed by atoms with Crippen molar-refractivity contribution in [3.63, 3.8) is 0 Å². The first-order valence-corrected chi connectivity index (χ1v) is 6.92. The van der Waals surface area contributed by atoms with E-state index in [9.17, 15) is 9.59 Å². The molecule has 2 aromatic rings. The number of benzene rings is 1. The number of hydrogen-bond acceptors (Lipinski definition) is 7. The number of nitrogens with one attached hydrogen (secondary N) is 2. The number of nitrogens with two attached hydrogens (primary N) is 1. The van der Waals surface area contributed by atoms with Gasteiger partial charge in [0.1, 0.15) is 0 Å². The zero-order valence-corrected chi connectivity index (χ0v) is 11.9. The average molecular weight is 307 g/mol. The molecule has 0 aliphatic carbocycles. The van der Waals surface area contributed by atoms with Gasteiger partial charge in [-0.05, 0) is 22.4 Å². The summed E-state index contributed by atoms with van der Waals surface area (Å²) in [4.78, 5) is 23.6. The molecule has 21 heavy (non-hydrogen) atoms. The van der Waals surface area contributed by atoms with E-state index in [-0.39, 0.29) is 29.2 Å². The van der Waals surface area contributed by atoms with Crippen molar-refractivity contribution < 1.29 is 14.2 Å². The number of nitrogens with zero attached hydrogens (tertiary/aromatic N) is 2. The van der Waals surface area contributed by atoms with Crippen molar-refractivity contribution in [1.82, 2.24) is 10.3 Å². The Hall–Kier alpha value is -2.55. The molecule has 0 radical (unpaired) electrons. The smallest absolute Gasteiger partial charge is 0.236 e. The maximum atomic E-state index is 11.8. The number of aromatic nitrogens is 2. The third-order valence-electron chi connectivity index (χ3n) is 2.32. The highest BCUT2D eigenvalue weighted by atomic mass is 32.2. The molecule has 1 aromatic heterocycles. The van der Waals surface area contributed by atoms with Crippen LogP contribution in [0.3, 0.4) is 0 Å². The summed E-state index contributed by atoms with van der Waals surface area (Å²) in [5, 5.41) is 11.9. The van der Waals surface area contributed by atoms with Crippen LogP contribution in [0.5, 0.6) is 0 Å². The Morgan fingerprint density at radius 1 is 1.24 bits per heavy atom. The second-order valence-corrected chi connectivity index (χ2v) is 5.03. The van der Waals surface area contributed by atoms with Gasteiger partial charge >= 0.3 is 0 Å². The first kappa shape index (κ1) is 14.9. The highest BCUT2D eigenvalue weighted by Crippen LogP contribution is 2.24. The molecule has 0 saturated carbocycles. The van der Waals surface area contributed by atoms with Gasteiger partial charge in [0, 0.05) is 17.5 Å². The summed E-state index contributed by atoms with van der Waals surface area (Å²) in [5.74, 6) is -0.379. The van der Waals surface area contributed by atoms with Crippen LogP contribution < -0.4 is 16.4 Å². The average Bonchev–Trinajstić information content (AvgIpc) is 2.84. The lowest BCUT2D eigenvalue weighted by Crippen LogP contribution is -2.16. The summed E-state index contributed by atoms with van der Waals surface area (Å²) in [6.45, 7) is 1.31. The molecule has 0 saturated heterocycles. The van der Waals surface area contributed by atoms with Gasteiger partial charge in [-0.15, -0.1) is 11.8 Å². The van der Waals surface area contributed by atoms with E-state index in [0.29, 0.717) is 5.69 Å². The minimum absolute atomic E-state index is 0.0665. The maximum absolute atomic E-state index is 11.8. The summed E-state index contributed by atoms with van der Waals surface area (Å²) in [7, 11) is 0. The second-order valence-electron chi connectivity index (χ2n) is 4.02. The predicted octanol–water partition coefficient (Wildman–Crippen LogP) is 1.34. The predicted molar refractivity (Wildman–Crippen MR) is 78.8 cm³/mol. The number of para-hydroxylation sites is 1. The van der Waals surface area contributed by atoms with Crippen LogP contribution >= 0.6 is 11.8 Å². The fourth-order valence-electron chi connectivity index (χ4n) is 1.44. The molecule has 0 spiro atoms. The molecule has 0 aliphatic heterocycles. The van der Waals surface area contributed by atoms with Crippen LogP contribution in [0.1, 0.15) is 6.92 Å². The molecule has 0 atom stereocenters. The first-order valence-electron chi connectivity index (χ1n) is 5.93. The Morgan fingerprint density at radius 3 is 2.57 bits per heavy atom. The lowest BCUT2D eigenvalue weighted by atomic mass is 10.3. The molecule has 2 amide bonds. The molecule has 1 heterocycles. The van der Waals surface area contributed by atoms with Crippen molar-refractivity contribution >= 4 is 40.9 Å². The number of anilines is 3. The molecule has 8 nitrogen and oxygen atoms in total. The lowest BCUT2D eigenvalue weighted by molar-refractivity contribution is -0.115. The molecule has 110 valence electrons.